The molecule has 2 nitrogen and oxygen atoms in total. The van der Waals surface area contributed by atoms with Crippen molar-refractivity contribution in [3.05, 3.63) is 34.9 Å². The molecule has 1 N–H and O–H groups in total. The molecular formula is C16H25NO. The Kier molecular flexibility index (Phi) is 4.79. The van der Waals surface area contributed by atoms with Gasteiger partial charge in [-0.3, -0.25) is 0 Å². The monoisotopic (exact) mass is 247 g/mol. The zero-order valence-corrected chi connectivity index (χ0v) is 11.8. The van der Waals surface area contributed by atoms with Gasteiger partial charge in [0.2, 0.25) is 0 Å². The fourth-order valence-corrected chi connectivity index (χ4v) is 2.91. The van der Waals surface area contributed by atoms with Gasteiger partial charge in [-0.1, -0.05) is 29.3 Å². The summed E-state index contributed by atoms with van der Waals surface area (Å²) in [6, 6.07) is 7.27. The molecule has 1 aliphatic heterocycles. The molecule has 1 aliphatic rings. The van der Waals surface area contributed by atoms with E-state index in [0.29, 0.717) is 12.1 Å². The van der Waals surface area contributed by atoms with Gasteiger partial charge >= 0.3 is 0 Å². The van der Waals surface area contributed by atoms with Crippen LogP contribution in [0.25, 0.3) is 0 Å². The first-order chi connectivity index (χ1) is 8.69. The second kappa shape index (κ2) is 6.35. The Bertz CT molecular complexity index is 362. The molecule has 1 aromatic rings. The Morgan fingerprint density at radius 3 is 2.56 bits per heavy atom. The van der Waals surface area contributed by atoms with E-state index in [0.717, 1.165) is 13.0 Å². The van der Waals surface area contributed by atoms with E-state index >= 15 is 0 Å². The van der Waals surface area contributed by atoms with Crippen LogP contribution in [0.2, 0.25) is 0 Å². The topological polar surface area (TPSA) is 21.3 Å². The normalized spacial score (nSPS) is 21.2. The molecule has 2 atom stereocenters. The molecular weight excluding hydrogens is 222 g/mol. The molecule has 100 valence electrons. The lowest BCUT2D eigenvalue weighted by atomic mass is 9.96. The average Bonchev–Trinajstić information content (AvgIpc) is 2.81. The summed E-state index contributed by atoms with van der Waals surface area (Å²) < 4.78 is 5.70. The smallest absolute Gasteiger partial charge is 0.0576 e. The molecule has 0 spiro atoms. The van der Waals surface area contributed by atoms with Gasteiger partial charge in [0.05, 0.1) is 6.10 Å². The molecule has 0 saturated carbocycles. The Hall–Kier alpha value is -0.860. The summed E-state index contributed by atoms with van der Waals surface area (Å²) in [5, 5.41) is 3.44. The van der Waals surface area contributed by atoms with Gasteiger partial charge < -0.3 is 10.1 Å². The summed E-state index contributed by atoms with van der Waals surface area (Å²) in [6.07, 6.45) is 5.29. The van der Waals surface area contributed by atoms with E-state index in [1.54, 1.807) is 0 Å². The summed E-state index contributed by atoms with van der Waals surface area (Å²) in [5.74, 6) is 0. The minimum atomic E-state index is 0.452. The zero-order chi connectivity index (χ0) is 13.0. The van der Waals surface area contributed by atoms with Crippen LogP contribution in [0, 0.1) is 13.8 Å². The lowest BCUT2D eigenvalue weighted by Crippen LogP contribution is -2.19. The summed E-state index contributed by atoms with van der Waals surface area (Å²) in [7, 11) is 2.05. The van der Waals surface area contributed by atoms with Crippen molar-refractivity contribution >= 4 is 0 Å². The van der Waals surface area contributed by atoms with Crippen LogP contribution in [-0.2, 0) is 4.74 Å². The molecule has 0 aliphatic carbocycles. The van der Waals surface area contributed by atoms with Crippen LogP contribution >= 0.6 is 0 Å². The summed E-state index contributed by atoms with van der Waals surface area (Å²) in [6.45, 7) is 5.30. The maximum atomic E-state index is 5.70. The average molecular weight is 247 g/mol. The van der Waals surface area contributed by atoms with Gasteiger partial charge in [0, 0.05) is 12.6 Å². The Morgan fingerprint density at radius 1 is 1.28 bits per heavy atom. The van der Waals surface area contributed by atoms with E-state index in [1.807, 2.05) is 0 Å². The predicted molar refractivity (Wildman–Crippen MR) is 75.9 cm³/mol. The molecule has 2 rings (SSSR count). The SMILES string of the molecule is CNC(CCC1CCCO1)c1cc(C)cc(C)c1. The second-order valence-electron chi connectivity index (χ2n) is 5.47. The van der Waals surface area contributed by atoms with Gasteiger partial charge in [0.25, 0.3) is 0 Å². The minimum absolute atomic E-state index is 0.452. The van der Waals surface area contributed by atoms with Crippen molar-refractivity contribution < 1.29 is 4.74 Å². The first-order valence-electron chi connectivity index (χ1n) is 7.06. The number of benzene rings is 1. The van der Waals surface area contributed by atoms with Crippen LogP contribution in [-0.4, -0.2) is 19.8 Å². The highest BCUT2D eigenvalue weighted by molar-refractivity contribution is 5.30. The van der Waals surface area contributed by atoms with Gasteiger partial charge in [-0.25, -0.2) is 0 Å². The molecule has 0 aromatic heterocycles. The van der Waals surface area contributed by atoms with Gasteiger partial charge in [-0.05, 0) is 52.1 Å². The highest BCUT2D eigenvalue weighted by atomic mass is 16.5. The quantitative estimate of drug-likeness (QED) is 0.859. The van der Waals surface area contributed by atoms with Crippen molar-refractivity contribution in [3.8, 4) is 0 Å². The lowest BCUT2D eigenvalue weighted by Gasteiger charge is -2.19. The highest BCUT2D eigenvalue weighted by Crippen LogP contribution is 2.25. The van der Waals surface area contributed by atoms with Gasteiger partial charge in [0.15, 0.2) is 0 Å². The summed E-state index contributed by atoms with van der Waals surface area (Å²) in [4.78, 5) is 0. The molecule has 1 heterocycles. The van der Waals surface area contributed by atoms with Crippen molar-refractivity contribution in [1.29, 1.82) is 0 Å². The largest absolute Gasteiger partial charge is 0.378 e. The number of ether oxygens (including phenoxy) is 1. The molecule has 1 aromatic carbocycles. The zero-order valence-electron chi connectivity index (χ0n) is 11.8. The highest BCUT2D eigenvalue weighted by Gasteiger charge is 2.18. The van der Waals surface area contributed by atoms with Gasteiger partial charge in [-0.15, -0.1) is 0 Å². The van der Waals surface area contributed by atoms with Gasteiger partial charge in [-0.2, -0.15) is 0 Å². The van der Waals surface area contributed by atoms with E-state index in [4.69, 9.17) is 4.74 Å². The van der Waals surface area contributed by atoms with Crippen molar-refractivity contribution in [1.82, 2.24) is 5.32 Å². The first-order valence-corrected chi connectivity index (χ1v) is 7.06. The molecule has 18 heavy (non-hydrogen) atoms. The standard InChI is InChI=1S/C16H25NO/c1-12-9-13(2)11-14(10-12)16(17-3)7-6-15-5-4-8-18-15/h9-11,15-17H,4-8H2,1-3H3. The molecule has 0 bridgehead atoms. The van der Waals surface area contributed by atoms with Crippen LogP contribution in [0.5, 0.6) is 0 Å². The van der Waals surface area contributed by atoms with Crippen molar-refractivity contribution in [2.45, 2.75) is 51.7 Å². The molecule has 2 unspecified atom stereocenters. The van der Waals surface area contributed by atoms with E-state index in [-0.39, 0.29) is 0 Å². The fourth-order valence-electron chi connectivity index (χ4n) is 2.91. The number of hydrogen-bond acceptors (Lipinski definition) is 2. The maximum Gasteiger partial charge on any atom is 0.0576 e. The van der Waals surface area contributed by atoms with Crippen LogP contribution in [0.3, 0.4) is 0 Å². The van der Waals surface area contributed by atoms with Crippen LogP contribution < -0.4 is 5.32 Å². The summed E-state index contributed by atoms with van der Waals surface area (Å²) in [5.41, 5.74) is 4.11. The van der Waals surface area contributed by atoms with Crippen molar-refractivity contribution in [2.24, 2.45) is 0 Å². The van der Waals surface area contributed by atoms with E-state index < -0.39 is 0 Å². The molecule has 1 saturated heterocycles. The van der Waals surface area contributed by atoms with Gasteiger partial charge in [0.1, 0.15) is 0 Å². The summed E-state index contributed by atoms with van der Waals surface area (Å²) >= 11 is 0. The Morgan fingerprint density at radius 2 is 2.00 bits per heavy atom. The number of nitrogens with one attached hydrogen (secondary N) is 1. The third kappa shape index (κ3) is 3.56. The minimum Gasteiger partial charge on any atom is -0.378 e. The third-order valence-corrected chi connectivity index (χ3v) is 3.80. The Labute approximate surface area is 111 Å². The number of aryl methyl sites for hydroxylation is 2. The number of hydrogen-bond donors (Lipinski definition) is 1. The molecule has 1 fully saturated rings. The molecule has 0 amide bonds. The lowest BCUT2D eigenvalue weighted by molar-refractivity contribution is 0.0998. The second-order valence-corrected chi connectivity index (χ2v) is 5.47. The van der Waals surface area contributed by atoms with E-state index in [1.165, 1.54) is 36.0 Å². The first kappa shape index (κ1) is 13.6. The number of rotatable bonds is 5. The fraction of sp³-hybridized carbons (Fsp3) is 0.625. The van der Waals surface area contributed by atoms with Crippen LogP contribution in [0.1, 0.15) is 48.4 Å². The third-order valence-electron chi connectivity index (χ3n) is 3.80. The van der Waals surface area contributed by atoms with Crippen molar-refractivity contribution in [2.75, 3.05) is 13.7 Å². The maximum absolute atomic E-state index is 5.70. The molecule has 2 heteroatoms. The van der Waals surface area contributed by atoms with E-state index in [2.05, 4.69) is 44.4 Å². The van der Waals surface area contributed by atoms with Crippen LogP contribution in [0.15, 0.2) is 18.2 Å². The predicted octanol–water partition coefficient (Wildman–Crippen LogP) is 3.52. The Balaban J connectivity index is 1.98. The van der Waals surface area contributed by atoms with Crippen molar-refractivity contribution in [3.63, 3.8) is 0 Å². The van der Waals surface area contributed by atoms with E-state index in [9.17, 15) is 0 Å². The molecule has 0 radical (unpaired) electrons. The van der Waals surface area contributed by atoms with Crippen LogP contribution in [0.4, 0.5) is 0 Å².